The van der Waals surface area contributed by atoms with Crippen LogP contribution < -0.4 is 5.32 Å². The second kappa shape index (κ2) is 52.3. The van der Waals surface area contributed by atoms with Crippen molar-refractivity contribution in [2.75, 3.05) is 6.61 Å². The topological polar surface area (TPSA) is 95.9 Å². The van der Waals surface area contributed by atoms with Gasteiger partial charge in [-0.3, -0.25) is 9.59 Å². The lowest BCUT2D eigenvalue weighted by molar-refractivity contribution is -0.151. The Kier molecular flexibility index (Phi) is 51.0. The van der Waals surface area contributed by atoms with E-state index in [9.17, 15) is 19.8 Å². The molecule has 64 heavy (non-hydrogen) atoms. The van der Waals surface area contributed by atoms with E-state index in [2.05, 4.69) is 50.4 Å². The molecule has 6 nitrogen and oxygen atoms in total. The maximum absolute atomic E-state index is 13.3. The maximum atomic E-state index is 13.3. The van der Waals surface area contributed by atoms with Crippen LogP contribution in [0, 0.1) is 0 Å². The average Bonchev–Trinajstić information content (AvgIpc) is 3.29. The number of ether oxygens (including phenoxy) is 1. The van der Waals surface area contributed by atoms with Crippen molar-refractivity contribution in [3.63, 3.8) is 0 Å². The minimum absolute atomic E-state index is 0.0656. The lowest BCUT2D eigenvalue weighted by Gasteiger charge is -2.24. The smallest absolute Gasteiger partial charge is 0.306 e. The van der Waals surface area contributed by atoms with Crippen LogP contribution in [-0.2, 0) is 14.3 Å². The highest BCUT2D eigenvalue weighted by atomic mass is 16.5. The molecule has 0 aromatic heterocycles. The predicted molar refractivity (Wildman–Crippen MR) is 278 cm³/mol. The van der Waals surface area contributed by atoms with Crippen LogP contribution in [0.2, 0.25) is 0 Å². The Bertz CT molecular complexity index is 1010. The number of unbranched alkanes of at least 4 members (excludes halogenated alkanes) is 36. The predicted octanol–water partition coefficient (Wildman–Crippen LogP) is 17.5. The van der Waals surface area contributed by atoms with E-state index < -0.39 is 18.2 Å². The van der Waals surface area contributed by atoms with Gasteiger partial charge in [0.15, 0.2) is 0 Å². The monoisotopic (exact) mass is 902 g/mol. The van der Waals surface area contributed by atoms with Crippen molar-refractivity contribution in [2.45, 2.75) is 328 Å². The van der Waals surface area contributed by atoms with Crippen LogP contribution in [-0.4, -0.2) is 46.9 Å². The molecule has 0 spiro atoms. The molecule has 0 rings (SSSR count). The van der Waals surface area contributed by atoms with Crippen molar-refractivity contribution in [1.82, 2.24) is 5.32 Å². The lowest BCUT2D eigenvalue weighted by atomic mass is 10.0. The highest BCUT2D eigenvalue weighted by Crippen LogP contribution is 2.18. The van der Waals surface area contributed by atoms with Crippen molar-refractivity contribution < 1.29 is 24.5 Å². The van der Waals surface area contributed by atoms with E-state index in [0.29, 0.717) is 19.3 Å². The molecular weight excluding hydrogens is 791 g/mol. The number of esters is 1. The first-order chi connectivity index (χ1) is 31.5. The maximum Gasteiger partial charge on any atom is 0.306 e. The molecule has 6 heteroatoms. The van der Waals surface area contributed by atoms with Gasteiger partial charge in [0.2, 0.25) is 5.91 Å². The van der Waals surface area contributed by atoms with Gasteiger partial charge in [-0.2, -0.15) is 0 Å². The van der Waals surface area contributed by atoms with E-state index in [1.807, 2.05) is 0 Å². The number of hydrogen-bond donors (Lipinski definition) is 3. The normalized spacial score (nSPS) is 13.3. The molecular formula is C58H111NO5. The molecule has 0 aliphatic heterocycles. The number of rotatable bonds is 52. The van der Waals surface area contributed by atoms with Gasteiger partial charge in [-0.1, -0.05) is 244 Å². The summed E-state index contributed by atoms with van der Waals surface area (Å²) in [4.78, 5) is 26.2. The molecule has 0 aliphatic rings. The second-order valence-corrected chi connectivity index (χ2v) is 19.7. The Labute approximate surface area is 399 Å². The van der Waals surface area contributed by atoms with Gasteiger partial charge in [0.05, 0.1) is 25.2 Å². The number of aliphatic hydroxyl groups is 2. The van der Waals surface area contributed by atoms with E-state index >= 15 is 0 Å². The van der Waals surface area contributed by atoms with Crippen LogP contribution in [0.15, 0.2) is 24.3 Å². The molecule has 3 atom stereocenters. The third-order valence-corrected chi connectivity index (χ3v) is 13.3. The second-order valence-electron chi connectivity index (χ2n) is 19.7. The quantitative estimate of drug-likeness (QED) is 0.0321. The summed E-state index contributed by atoms with van der Waals surface area (Å²) in [6.07, 6.45) is 61.0. The molecule has 3 N–H and O–H groups in total. The van der Waals surface area contributed by atoms with Crippen LogP contribution in [0.1, 0.15) is 310 Å². The largest absolute Gasteiger partial charge is 0.462 e. The SMILES string of the molecule is CCCCCCCCC/C=C\CCCCCC(=O)OC(CCCCC/C=C/CCCCCCCCCCC)CC(=O)NC(CO)C(O)CCCCCCCCCCCCCCCCC. The third kappa shape index (κ3) is 46.9. The minimum Gasteiger partial charge on any atom is -0.462 e. The number of aliphatic hydroxyl groups excluding tert-OH is 2. The van der Waals surface area contributed by atoms with Crippen molar-refractivity contribution in [3.05, 3.63) is 24.3 Å². The fourth-order valence-corrected chi connectivity index (χ4v) is 8.89. The summed E-state index contributed by atoms with van der Waals surface area (Å²) in [5.74, 6) is -0.492. The zero-order valence-electron chi connectivity index (χ0n) is 43.2. The molecule has 3 unspecified atom stereocenters. The highest BCUT2D eigenvalue weighted by molar-refractivity contribution is 5.77. The van der Waals surface area contributed by atoms with Gasteiger partial charge in [0.1, 0.15) is 6.10 Å². The van der Waals surface area contributed by atoms with Crippen LogP contribution in [0.5, 0.6) is 0 Å². The number of amides is 1. The van der Waals surface area contributed by atoms with E-state index in [0.717, 1.165) is 64.2 Å². The molecule has 0 fully saturated rings. The summed E-state index contributed by atoms with van der Waals surface area (Å²) in [6.45, 7) is 6.51. The summed E-state index contributed by atoms with van der Waals surface area (Å²) >= 11 is 0. The third-order valence-electron chi connectivity index (χ3n) is 13.3. The molecule has 0 saturated carbocycles. The van der Waals surface area contributed by atoms with Crippen LogP contribution >= 0.6 is 0 Å². The fourth-order valence-electron chi connectivity index (χ4n) is 8.89. The van der Waals surface area contributed by atoms with Gasteiger partial charge < -0.3 is 20.3 Å². The summed E-state index contributed by atoms with van der Waals surface area (Å²) < 4.78 is 5.94. The Hall–Kier alpha value is -1.66. The van der Waals surface area contributed by atoms with Crippen molar-refractivity contribution in [3.8, 4) is 0 Å². The molecule has 0 radical (unpaired) electrons. The zero-order valence-corrected chi connectivity index (χ0v) is 43.2. The first kappa shape index (κ1) is 62.3. The summed E-state index contributed by atoms with van der Waals surface area (Å²) in [6, 6.07) is -0.706. The molecule has 0 bridgehead atoms. The summed E-state index contributed by atoms with van der Waals surface area (Å²) in [5.41, 5.74) is 0. The van der Waals surface area contributed by atoms with E-state index in [1.165, 1.54) is 199 Å². The lowest BCUT2D eigenvalue weighted by Crippen LogP contribution is -2.46. The molecule has 0 aromatic carbocycles. The van der Waals surface area contributed by atoms with E-state index in [4.69, 9.17) is 4.74 Å². The first-order valence-corrected chi connectivity index (χ1v) is 28.6. The van der Waals surface area contributed by atoms with Crippen molar-refractivity contribution in [2.24, 2.45) is 0 Å². The Morgan fingerprint density at radius 2 is 0.750 bits per heavy atom. The van der Waals surface area contributed by atoms with Crippen molar-refractivity contribution in [1.29, 1.82) is 0 Å². The van der Waals surface area contributed by atoms with E-state index in [-0.39, 0.29) is 24.9 Å². The Morgan fingerprint density at radius 1 is 0.438 bits per heavy atom. The average molecular weight is 903 g/mol. The summed E-state index contributed by atoms with van der Waals surface area (Å²) in [7, 11) is 0. The van der Waals surface area contributed by atoms with Gasteiger partial charge in [0, 0.05) is 6.42 Å². The molecule has 0 heterocycles. The number of carbonyl (C=O) groups excluding carboxylic acids is 2. The van der Waals surface area contributed by atoms with Crippen LogP contribution in [0.4, 0.5) is 0 Å². The number of hydrogen-bond acceptors (Lipinski definition) is 5. The van der Waals surface area contributed by atoms with Crippen LogP contribution in [0.3, 0.4) is 0 Å². The fraction of sp³-hybridized carbons (Fsp3) is 0.897. The van der Waals surface area contributed by atoms with E-state index in [1.54, 1.807) is 0 Å². The van der Waals surface area contributed by atoms with Gasteiger partial charge in [-0.25, -0.2) is 0 Å². The standard InChI is InChI=1S/C58H111NO5/c1-4-7-10-13-16-19-22-25-28-30-31-34-37-40-43-46-49-54(64-58(63)51-48-45-42-39-36-33-27-24-21-18-15-12-9-6-3)52-57(62)59-55(53-60)56(61)50-47-44-41-38-35-32-29-26-23-20-17-14-11-8-5-2/h31,33-34,36,54-56,60-61H,4-30,32,35,37-53H2,1-3H3,(H,59,62)/b34-31+,36-33-. The molecule has 1 amide bonds. The van der Waals surface area contributed by atoms with Gasteiger partial charge in [0.25, 0.3) is 0 Å². The van der Waals surface area contributed by atoms with Crippen LogP contribution in [0.25, 0.3) is 0 Å². The summed E-state index contributed by atoms with van der Waals surface area (Å²) in [5, 5.41) is 23.9. The number of nitrogens with one attached hydrogen (secondary N) is 1. The zero-order chi connectivity index (χ0) is 46.7. The molecule has 0 aromatic rings. The Balaban J connectivity index is 4.57. The highest BCUT2D eigenvalue weighted by Gasteiger charge is 2.24. The Morgan fingerprint density at radius 3 is 1.12 bits per heavy atom. The molecule has 0 aliphatic carbocycles. The van der Waals surface area contributed by atoms with Gasteiger partial charge in [-0.15, -0.1) is 0 Å². The molecule has 378 valence electrons. The first-order valence-electron chi connectivity index (χ1n) is 28.6. The van der Waals surface area contributed by atoms with Crippen molar-refractivity contribution >= 4 is 11.9 Å². The van der Waals surface area contributed by atoms with Gasteiger partial charge >= 0.3 is 5.97 Å². The number of carbonyl (C=O) groups is 2. The van der Waals surface area contributed by atoms with Gasteiger partial charge in [-0.05, 0) is 77.0 Å². The minimum atomic E-state index is -0.791. The number of allylic oxidation sites excluding steroid dienone is 4. The molecule has 0 saturated heterocycles.